The summed E-state index contributed by atoms with van der Waals surface area (Å²) in [5.74, 6) is -1.25. The van der Waals surface area contributed by atoms with E-state index in [0.29, 0.717) is 0 Å². The molecule has 0 spiro atoms. The number of carbonyl (C=O) groups is 1. The fourth-order valence-corrected chi connectivity index (χ4v) is 4.43. The summed E-state index contributed by atoms with van der Waals surface area (Å²) in [7, 11) is 0. The summed E-state index contributed by atoms with van der Waals surface area (Å²) in [4.78, 5) is 12.1. The molecule has 0 aliphatic carbocycles. The highest BCUT2D eigenvalue weighted by atomic mass is 35.5. The van der Waals surface area contributed by atoms with E-state index in [2.05, 4.69) is 20.8 Å². The van der Waals surface area contributed by atoms with E-state index >= 15 is 0 Å². The highest BCUT2D eigenvalue weighted by Crippen LogP contribution is 2.30. The lowest BCUT2D eigenvalue weighted by molar-refractivity contribution is -0.900. The SMILES string of the molecule is CCCCCC[NH+](CCCCCC)CCCCCC.O=C([O-])c1cc(Cl)c(Cl)s1. The molecule has 6 heteroatoms. The van der Waals surface area contributed by atoms with Crippen LogP contribution in [0.5, 0.6) is 0 Å². The van der Waals surface area contributed by atoms with Gasteiger partial charge >= 0.3 is 0 Å². The van der Waals surface area contributed by atoms with E-state index in [0.717, 1.165) is 11.3 Å². The number of halogens is 2. The maximum Gasteiger partial charge on any atom is 0.112 e. The van der Waals surface area contributed by atoms with Gasteiger partial charge in [-0.1, -0.05) is 82.5 Å². The minimum atomic E-state index is -1.25. The van der Waals surface area contributed by atoms with E-state index in [4.69, 9.17) is 23.2 Å². The summed E-state index contributed by atoms with van der Waals surface area (Å²) in [6.45, 7) is 11.2. The average molecular weight is 467 g/mol. The quantitative estimate of drug-likeness (QED) is 0.302. The van der Waals surface area contributed by atoms with Gasteiger partial charge in [0.1, 0.15) is 4.34 Å². The second-order valence-corrected chi connectivity index (χ2v) is 9.76. The zero-order valence-electron chi connectivity index (χ0n) is 18.7. The summed E-state index contributed by atoms with van der Waals surface area (Å²) in [6.07, 6.45) is 17.1. The molecule has 3 nitrogen and oxygen atoms in total. The topological polar surface area (TPSA) is 44.6 Å². The van der Waals surface area contributed by atoms with Gasteiger partial charge in [-0.15, -0.1) is 11.3 Å². The molecule has 0 unspecified atom stereocenters. The van der Waals surface area contributed by atoms with Gasteiger partial charge in [-0.05, 0) is 44.6 Å². The minimum absolute atomic E-state index is 0.0509. The van der Waals surface area contributed by atoms with Crippen LogP contribution < -0.4 is 10.0 Å². The Kier molecular flexibility index (Phi) is 19.5. The molecule has 0 aromatic carbocycles. The van der Waals surface area contributed by atoms with Crippen LogP contribution in [0, 0.1) is 0 Å². The van der Waals surface area contributed by atoms with E-state index in [9.17, 15) is 9.90 Å². The van der Waals surface area contributed by atoms with Crippen LogP contribution in [0.25, 0.3) is 0 Å². The molecule has 0 fully saturated rings. The zero-order chi connectivity index (χ0) is 21.9. The van der Waals surface area contributed by atoms with E-state index in [1.54, 1.807) is 0 Å². The van der Waals surface area contributed by atoms with Crippen LogP contribution in [0.1, 0.15) is 107 Å². The van der Waals surface area contributed by atoms with Crippen molar-refractivity contribution < 1.29 is 14.8 Å². The summed E-state index contributed by atoms with van der Waals surface area (Å²) in [6, 6.07) is 1.27. The summed E-state index contributed by atoms with van der Waals surface area (Å²) in [5, 5.41) is 10.4. The van der Waals surface area contributed by atoms with Crippen molar-refractivity contribution in [2.75, 3.05) is 19.6 Å². The molecule has 1 rings (SSSR count). The molecule has 1 aromatic heterocycles. The van der Waals surface area contributed by atoms with Crippen molar-refractivity contribution in [1.82, 2.24) is 0 Å². The van der Waals surface area contributed by atoms with Gasteiger partial charge in [-0.3, -0.25) is 0 Å². The van der Waals surface area contributed by atoms with Gasteiger partial charge in [-0.2, -0.15) is 0 Å². The Morgan fingerprint density at radius 3 is 1.48 bits per heavy atom. The van der Waals surface area contributed by atoms with E-state index in [-0.39, 0.29) is 14.2 Å². The number of nitrogens with one attached hydrogen (secondary N) is 1. The standard InChI is InChI=1S/C18H39N.C5H2Cl2O2S/c1-4-7-10-13-16-19(17-14-11-8-5-2)18-15-12-9-6-3;6-2-1-3(5(8)9)10-4(2)7/h4-18H2,1-3H3;1H,(H,8,9). The summed E-state index contributed by atoms with van der Waals surface area (Å²) < 4.78 is 0.279. The molecule has 0 atom stereocenters. The molecule has 170 valence electrons. The highest BCUT2D eigenvalue weighted by Gasteiger charge is 2.07. The van der Waals surface area contributed by atoms with Crippen LogP contribution in [0.3, 0.4) is 0 Å². The first kappa shape index (κ1) is 28.7. The van der Waals surface area contributed by atoms with Gasteiger partial charge in [0.25, 0.3) is 0 Å². The van der Waals surface area contributed by atoms with Gasteiger partial charge in [0, 0.05) is 0 Å². The lowest BCUT2D eigenvalue weighted by atomic mass is 10.1. The molecule has 0 aliphatic rings. The van der Waals surface area contributed by atoms with Crippen molar-refractivity contribution in [3.63, 3.8) is 0 Å². The highest BCUT2D eigenvalue weighted by molar-refractivity contribution is 7.18. The van der Waals surface area contributed by atoms with Crippen LogP contribution in [0.15, 0.2) is 6.07 Å². The molecular formula is C23H41Cl2NO2S. The van der Waals surface area contributed by atoms with Crippen LogP contribution in [-0.2, 0) is 0 Å². The second-order valence-electron chi connectivity index (χ2n) is 7.70. The van der Waals surface area contributed by atoms with Crippen molar-refractivity contribution in [3.8, 4) is 0 Å². The maximum absolute atomic E-state index is 10.1. The first-order chi connectivity index (χ1) is 14.0. The Balaban J connectivity index is 0.000000651. The van der Waals surface area contributed by atoms with Crippen LogP contribution in [0.4, 0.5) is 0 Å². The number of quaternary nitrogens is 1. The average Bonchev–Trinajstić information content (AvgIpc) is 3.04. The Labute approximate surface area is 192 Å². The zero-order valence-corrected chi connectivity index (χ0v) is 21.0. The van der Waals surface area contributed by atoms with Gasteiger partial charge in [0.05, 0.1) is 35.5 Å². The van der Waals surface area contributed by atoms with Crippen LogP contribution in [0.2, 0.25) is 9.36 Å². The smallest absolute Gasteiger partial charge is 0.112 e. The van der Waals surface area contributed by atoms with E-state index < -0.39 is 5.97 Å². The van der Waals surface area contributed by atoms with Crippen molar-refractivity contribution in [2.24, 2.45) is 0 Å². The van der Waals surface area contributed by atoms with Crippen LogP contribution in [-0.4, -0.2) is 25.6 Å². The third-order valence-electron chi connectivity index (χ3n) is 5.00. The van der Waals surface area contributed by atoms with E-state index in [1.807, 2.05) is 4.90 Å². The summed E-state index contributed by atoms with van der Waals surface area (Å²) >= 11 is 11.8. The predicted octanol–water partition coefficient (Wildman–Crippen LogP) is 6.03. The van der Waals surface area contributed by atoms with Crippen molar-refractivity contribution in [3.05, 3.63) is 20.3 Å². The van der Waals surface area contributed by atoms with Gasteiger partial charge < -0.3 is 14.8 Å². The Hall–Kier alpha value is -0.290. The molecule has 1 N–H and O–H groups in total. The molecule has 0 bridgehead atoms. The Morgan fingerprint density at radius 2 is 1.24 bits per heavy atom. The van der Waals surface area contributed by atoms with Gasteiger partial charge in [0.15, 0.2) is 0 Å². The molecule has 1 aromatic rings. The first-order valence-corrected chi connectivity index (χ1v) is 13.0. The molecule has 0 amide bonds. The molecule has 0 saturated carbocycles. The number of carbonyl (C=O) groups excluding carboxylic acids is 1. The monoisotopic (exact) mass is 465 g/mol. The maximum atomic E-state index is 10.1. The van der Waals surface area contributed by atoms with Crippen LogP contribution >= 0.6 is 34.5 Å². The molecular weight excluding hydrogens is 425 g/mol. The third kappa shape index (κ3) is 16.1. The molecule has 1 heterocycles. The fourth-order valence-electron chi connectivity index (χ4n) is 3.23. The van der Waals surface area contributed by atoms with Crippen molar-refractivity contribution >= 4 is 40.5 Å². The summed E-state index contributed by atoms with van der Waals surface area (Å²) in [5.41, 5.74) is 0. The predicted molar refractivity (Wildman–Crippen MR) is 127 cm³/mol. The Bertz CT molecular complexity index is 475. The number of thiophene rings is 1. The largest absolute Gasteiger partial charge is 0.544 e. The van der Waals surface area contributed by atoms with Crippen molar-refractivity contribution in [1.29, 1.82) is 0 Å². The molecule has 29 heavy (non-hydrogen) atoms. The Morgan fingerprint density at radius 1 is 0.828 bits per heavy atom. The number of carboxylic acids is 1. The van der Waals surface area contributed by atoms with Gasteiger partial charge in [-0.25, -0.2) is 0 Å². The number of unbranched alkanes of at least 4 members (excludes halogenated alkanes) is 9. The lowest BCUT2D eigenvalue weighted by Crippen LogP contribution is -3.12. The number of hydrogen-bond donors (Lipinski definition) is 1. The molecule has 0 aliphatic heterocycles. The normalized spacial score (nSPS) is 10.8. The number of hydrogen-bond acceptors (Lipinski definition) is 3. The number of rotatable bonds is 16. The number of aromatic carboxylic acids is 1. The minimum Gasteiger partial charge on any atom is -0.544 e. The second kappa shape index (κ2) is 19.7. The van der Waals surface area contributed by atoms with E-state index in [1.165, 1.54) is 103 Å². The lowest BCUT2D eigenvalue weighted by Gasteiger charge is -2.19. The third-order valence-corrected chi connectivity index (χ3v) is 6.84. The fraction of sp³-hybridized carbons (Fsp3) is 0.783. The molecule has 0 saturated heterocycles. The first-order valence-electron chi connectivity index (χ1n) is 11.5. The van der Waals surface area contributed by atoms with Gasteiger partial charge in [0.2, 0.25) is 0 Å². The number of carboxylic acid groups (broad SMARTS) is 1. The van der Waals surface area contributed by atoms with Crippen molar-refractivity contribution in [2.45, 2.75) is 97.8 Å². The molecule has 0 radical (unpaired) electrons.